The number of methoxy groups -OCH3 is 1. The minimum atomic E-state index is -0.332. The van der Waals surface area contributed by atoms with Gasteiger partial charge in [-0.05, 0) is 25.3 Å². The minimum Gasteiger partial charge on any atom is -0.467 e. The van der Waals surface area contributed by atoms with E-state index in [0.717, 1.165) is 24.5 Å². The zero-order chi connectivity index (χ0) is 14.3. The van der Waals surface area contributed by atoms with Gasteiger partial charge in [-0.25, -0.2) is 9.78 Å². The summed E-state index contributed by atoms with van der Waals surface area (Å²) >= 11 is 0. The highest BCUT2D eigenvalue weighted by molar-refractivity contribution is 5.79. The molecule has 0 aliphatic carbocycles. The first kappa shape index (κ1) is 15.3. The van der Waals surface area contributed by atoms with E-state index in [2.05, 4.69) is 29.5 Å². The van der Waals surface area contributed by atoms with Gasteiger partial charge in [-0.1, -0.05) is 13.8 Å². The molecule has 1 heterocycles. The fourth-order valence-corrected chi connectivity index (χ4v) is 1.83. The summed E-state index contributed by atoms with van der Waals surface area (Å²) in [6.07, 6.45) is 2.44. The first-order valence-electron chi connectivity index (χ1n) is 6.61. The summed E-state index contributed by atoms with van der Waals surface area (Å²) in [5.41, 5.74) is 0.863. The smallest absolute Gasteiger partial charge is 0.328 e. The van der Waals surface area contributed by atoms with Crippen LogP contribution in [-0.2, 0) is 9.53 Å². The topological polar surface area (TPSA) is 63.2 Å². The van der Waals surface area contributed by atoms with Crippen molar-refractivity contribution in [3.8, 4) is 0 Å². The Morgan fingerprint density at radius 1 is 1.47 bits per heavy atom. The molecule has 0 saturated heterocycles. The molecule has 1 rings (SSSR count). The predicted octanol–water partition coefficient (Wildman–Crippen LogP) is 2.51. The van der Waals surface area contributed by atoms with Crippen LogP contribution >= 0.6 is 0 Å². The third kappa shape index (κ3) is 5.16. The maximum absolute atomic E-state index is 11.7. The van der Waals surface area contributed by atoms with Crippen LogP contribution in [0, 0.1) is 5.92 Å². The maximum Gasteiger partial charge on any atom is 0.328 e. The van der Waals surface area contributed by atoms with Crippen LogP contribution < -0.4 is 10.6 Å². The molecule has 2 N–H and O–H groups in total. The van der Waals surface area contributed by atoms with E-state index in [-0.39, 0.29) is 12.0 Å². The van der Waals surface area contributed by atoms with Crippen molar-refractivity contribution in [2.75, 3.05) is 24.3 Å². The van der Waals surface area contributed by atoms with Crippen molar-refractivity contribution in [3.63, 3.8) is 0 Å². The van der Waals surface area contributed by atoms with Crippen LogP contribution in [-0.4, -0.2) is 30.6 Å². The third-order valence-corrected chi connectivity index (χ3v) is 2.65. The second-order valence-electron chi connectivity index (χ2n) is 4.81. The summed E-state index contributed by atoms with van der Waals surface area (Å²) in [7, 11) is 1.41. The van der Waals surface area contributed by atoms with Crippen molar-refractivity contribution in [2.24, 2.45) is 5.92 Å². The Bertz CT molecular complexity index is 407. The number of aromatic nitrogens is 1. The summed E-state index contributed by atoms with van der Waals surface area (Å²) in [5.74, 6) is 0.961. The number of pyridine rings is 1. The van der Waals surface area contributed by atoms with Crippen molar-refractivity contribution in [2.45, 2.75) is 33.2 Å². The van der Waals surface area contributed by atoms with Crippen LogP contribution in [0.1, 0.15) is 27.2 Å². The molecule has 0 radical (unpaired) electrons. The molecule has 0 amide bonds. The number of carbonyl (C=O) groups excluding carboxylic acids is 1. The predicted molar refractivity (Wildman–Crippen MR) is 77.3 cm³/mol. The van der Waals surface area contributed by atoms with Gasteiger partial charge in [0.1, 0.15) is 11.9 Å². The van der Waals surface area contributed by atoms with Crippen molar-refractivity contribution >= 4 is 17.5 Å². The molecule has 0 aromatic carbocycles. The minimum absolute atomic E-state index is 0.240. The van der Waals surface area contributed by atoms with E-state index in [0.29, 0.717) is 5.92 Å². The lowest BCUT2D eigenvalue weighted by molar-refractivity contribution is -0.141. The second-order valence-corrected chi connectivity index (χ2v) is 4.81. The van der Waals surface area contributed by atoms with Gasteiger partial charge < -0.3 is 15.4 Å². The number of nitrogens with zero attached hydrogens (tertiary/aromatic N) is 1. The van der Waals surface area contributed by atoms with Crippen LogP contribution in [0.25, 0.3) is 0 Å². The monoisotopic (exact) mass is 265 g/mol. The lowest BCUT2D eigenvalue weighted by atomic mass is 10.0. The molecule has 1 aromatic heterocycles. The molecule has 0 aliphatic rings. The average molecular weight is 265 g/mol. The Labute approximate surface area is 114 Å². The number of hydrogen-bond donors (Lipinski definition) is 2. The molecule has 106 valence electrons. The molecule has 19 heavy (non-hydrogen) atoms. The Balaban J connectivity index is 2.77. The maximum atomic E-state index is 11.7. The van der Waals surface area contributed by atoms with Crippen molar-refractivity contribution in [1.29, 1.82) is 0 Å². The molecule has 0 bridgehead atoms. The third-order valence-electron chi connectivity index (χ3n) is 2.65. The van der Waals surface area contributed by atoms with E-state index in [4.69, 9.17) is 4.74 Å². The Hall–Kier alpha value is -1.78. The lowest BCUT2D eigenvalue weighted by Crippen LogP contribution is -2.32. The lowest BCUT2D eigenvalue weighted by Gasteiger charge is -2.19. The number of anilines is 2. The van der Waals surface area contributed by atoms with Gasteiger partial charge in [0.05, 0.1) is 7.11 Å². The SMILES string of the molecule is CCNc1cc(NC(CC(C)C)C(=O)OC)ccn1. The van der Waals surface area contributed by atoms with E-state index in [1.807, 2.05) is 19.1 Å². The van der Waals surface area contributed by atoms with Gasteiger partial charge in [0.2, 0.25) is 0 Å². The normalized spacial score (nSPS) is 12.1. The van der Waals surface area contributed by atoms with Crippen molar-refractivity contribution in [3.05, 3.63) is 18.3 Å². The fraction of sp³-hybridized carbons (Fsp3) is 0.571. The van der Waals surface area contributed by atoms with Crippen LogP contribution in [0.2, 0.25) is 0 Å². The van der Waals surface area contributed by atoms with E-state index in [1.165, 1.54) is 7.11 Å². The van der Waals surface area contributed by atoms with Crippen LogP contribution in [0.3, 0.4) is 0 Å². The molecule has 1 aromatic rings. The summed E-state index contributed by atoms with van der Waals surface area (Å²) in [4.78, 5) is 15.9. The van der Waals surface area contributed by atoms with E-state index < -0.39 is 0 Å². The molecule has 5 nitrogen and oxygen atoms in total. The molecule has 1 unspecified atom stereocenters. The van der Waals surface area contributed by atoms with E-state index in [9.17, 15) is 4.79 Å². The fourth-order valence-electron chi connectivity index (χ4n) is 1.83. The second kappa shape index (κ2) is 7.61. The Morgan fingerprint density at radius 3 is 2.79 bits per heavy atom. The summed E-state index contributed by atoms with van der Waals surface area (Å²) in [6.45, 7) is 6.98. The molecule has 1 atom stereocenters. The quantitative estimate of drug-likeness (QED) is 0.742. The highest BCUT2D eigenvalue weighted by Gasteiger charge is 2.20. The molecule has 5 heteroatoms. The van der Waals surface area contributed by atoms with Gasteiger partial charge in [0.25, 0.3) is 0 Å². The Morgan fingerprint density at radius 2 is 2.21 bits per heavy atom. The number of rotatable bonds is 7. The van der Waals surface area contributed by atoms with Gasteiger partial charge in [-0.2, -0.15) is 0 Å². The summed E-state index contributed by atoms with van der Waals surface area (Å²) < 4.78 is 4.83. The van der Waals surface area contributed by atoms with Gasteiger partial charge in [0, 0.05) is 24.5 Å². The molecular weight excluding hydrogens is 242 g/mol. The van der Waals surface area contributed by atoms with Gasteiger partial charge in [-0.3, -0.25) is 0 Å². The first-order valence-corrected chi connectivity index (χ1v) is 6.61. The largest absolute Gasteiger partial charge is 0.467 e. The molecule has 0 spiro atoms. The van der Waals surface area contributed by atoms with Gasteiger partial charge >= 0.3 is 5.97 Å². The van der Waals surface area contributed by atoms with E-state index >= 15 is 0 Å². The van der Waals surface area contributed by atoms with Crippen molar-refractivity contribution < 1.29 is 9.53 Å². The summed E-state index contributed by atoms with van der Waals surface area (Å²) in [6, 6.07) is 3.40. The average Bonchev–Trinajstić information content (AvgIpc) is 2.37. The van der Waals surface area contributed by atoms with Crippen LogP contribution in [0.5, 0.6) is 0 Å². The molecule has 0 fully saturated rings. The van der Waals surface area contributed by atoms with Crippen LogP contribution in [0.4, 0.5) is 11.5 Å². The highest BCUT2D eigenvalue weighted by Crippen LogP contribution is 2.16. The highest BCUT2D eigenvalue weighted by atomic mass is 16.5. The number of carbonyl (C=O) groups is 1. The zero-order valence-electron chi connectivity index (χ0n) is 12.1. The zero-order valence-corrected chi connectivity index (χ0v) is 12.1. The van der Waals surface area contributed by atoms with Gasteiger partial charge in [-0.15, -0.1) is 0 Å². The van der Waals surface area contributed by atoms with Crippen molar-refractivity contribution in [1.82, 2.24) is 4.98 Å². The van der Waals surface area contributed by atoms with Crippen LogP contribution in [0.15, 0.2) is 18.3 Å². The molecule has 0 saturated carbocycles. The molecule has 0 aliphatic heterocycles. The standard InChI is InChI=1S/C14H23N3O2/c1-5-15-13-9-11(6-7-16-13)17-12(8-10(2)3)14(18)19-4/h6-7,9-10,12H,5,8H2,1-4H3,(H2,15,16,17). The number of hydrogen-bond acceptors (Lipinski definition) is 5. The Kier molecular flexibility index (Phi) is 6.12. The first-order chi connectivity index (χ1) is 9.06. The summed E-state index contributed by atoms with van der Waals surface area (Å²) in [5, 5.41) is 6.34. The van der Waals surface area contributed by atoms with Gasteiger partial charge in [0.15, 0.2) is 0 Å². The number of ether oxygens (including phenoxy) is 1. The number of esters is 1. The van der Waals surface area contributed by atoms with E-state index in [1.54, 1.807) is 6.20 Å². The molecular formula is C14H23N3O2. The number of nitrogens with one attached hydrogen (secondary N) is 2.